The van der Waals surface area contributed by atoms with Crippen LogP contribution in [0.4, 0.5) is 0 Å². The van der Waals surface area contributed by atoms with E-state index in [1.807, 2.05) is 48.5 Å². The van der Waals surface area contributed by atoms with E-state index in [1.165, 1.54) is 12.8 Å². The number of amides is 1. The SMILES string of the molecule is CN1[C@@H]2CC[C@H]1C[C@H](Oc1ccc(-c3n[nH]c4ccc(C(=O)NC(c5ccccn5)C5CC5)cc34)cc1)C2. The van der Waals surface area contributed by atoms with Crippen molar-refractivity contribution in [3.63, 3.8) is 0 Å². The molecule has 1 saturated carbocycles. The number of benzene rings is 2. The molecule has 38 heavy (non-hydrogen) atoms. The molecule has 7 nitrogen and oxygen atoms in total. The van der Waals surface area contributed by atoms with Crippen LogP contribution in [0.1, 0.15) is 60.6 Å². The van der Waals surface area contributed by atoms with Gasteiger partial charge in [0.15, 0.2) is 0 Å². The molecule has 3 fully saturated rings. The zero-order valence-corrected chi connectivity index (χ0v) is 21.6. The van der Waals surface area contributed by atoms with Crippen molar-refractivity contribution in [3.8, 4) is 17.0 Å². The topological polar surface area (TPSA) is 83.1 Å². The van der Waals surface area contributed by atoms with Gasteiger partial charge in [0.05, 0.1) is 22.9 Å². The van der Waals surface area contributed by atoms with Crippen molar-refractivity contribution < 1.29 is 9.53 Å². The third-order valence-electron chi connectivity index (χ3n) is 8.70. The first-order valence-electron chi connectivity index (χ1n) is 13.8. The van der Waals surface area contributed by atoms with Crippen molar-refractivity contribution in [2.45, 2.75) is 62.8 Å². The smallest absolute Gasteiger partial charge is 0.251 e. The van der Waals surface area contributed by atoms with E-state index in [0.717, 1.165) is 59.3 Å². The van der Waals surface area contributed by atoms with Crippen molar-refractivity contribution in [2.24, 2.45) is 5.92 Å². The van der Waals surface area contributed by atoms with E-state index in [4.69, 9.17) is 4.74 Å². The number of H-pyrrole nitrogens is 1. The van der Waals surface area contributed by atoms with E-state index in [9.17, 15) is 4.79 Å². The number of aromatic nitrogens is 3. The summed E-state index contributed by atoms with van der Waals surface area (Å²) in [5.41, 5.74) is 4.28. The van der Waals surface area contributed by atoms with Gasteiger partial charge >= 0.3 is 0 Å². The van der Waals surface area contributed by atoms with Gasteiger partial charge in [0.25, 0.3) is 5.91 Å². The summed E-state index contributed by atoms with van der Waals surface area (Å²) in [6.45, 7) is 0. The van der Waals surface area contributed by atoms with Crippen LogP contribution in [-0.2, 0) is 0 Å². The lowest BCUT2D eigenvalue weighted by molar-refractivity contribution is 0.0662. The lowest BCUT2D eigenvalue weighted by Crippen LogP contribution is -2.43. The fraction of sp³-hybridized carbons (Fsp3) is 0.387. The van der Waals surface area contributed by atoms with Crippen molar-refractivity contribution >= 4 is 16.8 Å². The third kappa shape index (κ3) is 4.45. The lowest BCUT2D eigenvalue weighted by Gasteiger charge is -2.36. The normalized spacial score (nSPS) is 23.9. The predicted molar refractivity (Wildman–Crippen MR) is 147 cm³/mol. The van der Waals surface area contributed by atoms with Crippen LogP contribution in [0.3, 0.4) is 0 Å². The maximum Gasteiger partial charge on any atom is 0.251 e. The molecule has 7 heteroatoms. The van der Waals surface area contributed by atoms with Crippen LogP contribution in [0, 0.1) is 5.92 Å². The summed E-state index contributed by atoms with van der Waals surface area (Å²) in [5.74, 6) is 1.27. The van der Waals surface area contributed by atoms with Gasteiger partial charge in [-0.1, -0.05) is 6.07 Å². The molecule has 4 atom stereocenters. The number of nitrogens with zero attached hydrogens (tertiary/aromatic N) is 3. The summed E-state index contributed by atoms with van der Waals surface area (Å²) >= 11 is 0. The Labute approximate surface area is 222 Å². The zero-order chi connectivity index (χ0) is 25.6. The summed E-state index contributed by atoms with van der Waals surface area (Å²) in [5, 5.41) is 11.9. The Balaban J connectivity index is 1.08. The highest BCUT2D eigenvalue weighted by atomic mass is 16.5. The van der Waals surface area contributed by atoms with Crippen LogP contribution < -0.4 is 10.1 Å². The molecule has 3 aliphatic rings. The van der Waals surface area contributed by atoms with Crippen LogP contribution >= 0.6 is 0 Å². The van der Waals surface area contributed by atoms with Gasteiger partial charge in [-0.15, -0.1) is 0 Å². The first-order chi connectivity index (χ1) is 18.6. The predicted octanol–water partition coefficient (Wildman–Crippen LogP) is 5.51. The number of hydrogen-bond acceptors (Lipinski definition) is 5. The van der Waals surface area contributed by atoms with Gasteiger partial charge in [0, 0.05) is 34.8 Å². The fourth-order valence-corrected chi connectivity index (χ4v) is 6.36. The van der Waals surface area contributed by atoms with Gasteiger partial charge in [-0.25, -0.2) is 0 Å². The van der Waals surface area contributed by atoms with Crippen molar-refractivity contribution in [1.29, 1.82) is 0 Å². The van der Waals surface area contributed by atoms with Gasteiger partial charge in [-0.3, -0.25) is 14.9 Å². The molecule has 1 aliphatic carbocycles. The minimum absolute atomic E-state index is 0.0597. The number of pyridine rings is 1. The summed E-state index contributed by atoms with van der Waals surface area (Å²) < 4.78 is 6.38. The van der Waals surface area contributed by atoms with Crippen molar-refractivity contribution in [1.82, 2.24) is 25.4 Å². The molecule has 4 aromatic rings. The molecule has 194 valence electrons. The Morgan fingerprint density at radius 3 is 2.53 bits per heavy atom. The Morgan fingerprint density at radius 1 is 1.03 bits per heavy atom. The number of nitrogens with one attached hydrogen (secondary N) is 2. The first kappa shape index (κ1) is 23.4. The number of aromatic amines is 1. The average Bonchev–Trinajstić information content (AvgIpc) is 3.67. The van der Waals surface area contributed by atoms with Gasteiger partial charge < -0.3 is 15.0 Å². The monoisotopic (exact) mass is 507 g/mol. The highest BCUT2D eigenvalue weighted by Crippen LogP contribution is 2.41. The van der Waals surface area contributed by atoms with Crippen LogP contribution in [-0.4, -0.2) is 51.2 Å². The fourth-order valence-electron chi connectivity index (χ4n) is 6.36. The maximum atomic E-state index is 13.3. The molecule has 1 unspecified atom stereocenters. The Morgan fingerprint density at radius 2 is 1.82 bits per heavy atom. The first-order valence-corrected chi connectivity index (χ1v) is 13.8. The summed E-state index contributed by atoms with van der Waals surface area (Å²) in [4.78, 5) is 20.3. The number of ether oxygens (including phenoxy) is 1. The van der Waals surface area contributed by atoms with Crippen molar-refractivity contribution in [3.05, 3.63) is 78.1 Å². The largest absolute Gasteiger partial charge is 0.490 e. The molecule has 0 radical (unpaired) electrons. The molecule has 4 heterocycles. The molecule has 1 amide bonds. The Kier molecular flexibility index (Phi) is 5.88. The third-order valence-corrected chi connectivity index (χ3v) is 8.70. The number of rotatable bonds is 7. The average molecular weight is 508 g/mol. The van der Waals surface area contributed by atoms with Gasteiger partial charge in [-0.05, 0) is 106 Å². The molecule has 2 aliphatic heterocycles. The number of hydrogen-bond donors (Lipinski definition) is 2. The minimum Gasteiger partial charge on any atom is -0.490 e. The molecule has 2 saturated heterocycles. The van der Waals surface area contributed by atoms with E-state index in [2.05, 4.69) is 44.6 Å². The van der Waals surface area contributed by atoms with Gasteiger partial charge in [0.2, 0.25) is 0 Å². The minimum atomic E-state index is -0.0857. The summed E-state index contributed by atoms with van der Waals surface area (Å²) in [7, 11) is 2.25. The van der Waals surface area contributed by atoms with Crippen molar-refractivity contribution in [2.75, 3.05) is 7.05 Å². The van der Waals surface area contributed by atoms with Crippen LogP contribution in [0.2, 0.25) is 0 Å². The van der Waals surface area contributed by atoms with Crippen LogP contribution in [0.5, 0.6) is 5.75 Å². The quantitative estimate of drug-likeness (QED) is 0.345. The van der Waals surface area contributed by atoms with E-state index in [0.29, 0.717) is 23.6 Å². The summed E-state index contributed by atoms with van der Waals surface area (Å²) in [6, 6.07) is 21.0. The zero-order valence-electron chi connectivity index (χ0n) is 21.6. The molecular formula is C31H33N5O2. The summed E-state index contributed by atoms with van der Waals surface area (Å²) in [6.07, 6.45) is 9.09. The second kappa shape index (κ2) is 9.55. The standard InChI is InChI=1S/C31H33N5O2/c1-36-22-10-11-23(36)18-25(17-22)38-24-12-7-19(8-13-24)29-26-16-21(9-14-27(26)34-35-29)31(37)33-30(20-5-6-20)28-4-2-3-15-32-28/h2-4,7-9,12-16,20,22-23,25,30H,5-6,10-11,17-18H2,1H3,(H,33,37)(H,34,35)/t22-,23+,25-,30?. The molecule has 2 bridgehead atoms. The number of piperidine rings is 1. The second-order valence-electron chi connectivity index (χ2n) is 11.2. The number of carbonyl (C=O) groups is 1. The molecule has 0 spiro atoms. The van der Waals surface area contributed by atoms with E-state index < -0.39 is 0 Å². The number of fused-ring (bicyclic) bond motifs is 3. The molecule has 2 aromatic carbocycles. The highest BCUT2D eigenvalue weighted by Gasteiger charge is 2.39. The molecule has 2 N–H and O–H groups in total. The van der Waals surface area contributed by atoms with E-state index in [1.54, 1.807) is 6.20 Å². The van der Waals surface area contributed by atoms with Crippen LogP contribution in [0.15, 0.2) is 66.9 Å². The second-order valence-corrected chi connectivity index (χ2v) is 11.2. The maximum absolute atomic E-state index is 13.3. The molecule has 7 rings (SSSR count). The molecule has 2 aromatic heterocycles. The van der Waals surface area contributed by atoms with E-state index in [-0.39, 0.29) is 18.1 Å². The van der Waals surface area contributed by atoms with Gasteiger partial charge in [0.1, 0.15) is 11.9 Å². The lowest BCUT2D eigenvalue weighted by atomic mass is 10.0. The number of carbonyl (C=O) groups excluding carboxylic acids is 1. The Hall–Kier alpha value is -3.71. The molecular weight excluding hydrogens is 474 g/mol. The Bertz CT molecular complexity index is 1430. The van der Waals surface area contributed by atoms with Gasteiger partial charge in [-0.2, -0.15) is 5.10 Å². The highest BCUT2D eigenvalue weighted by molar-refractivity contribution is 6.01. The van der Waals surface area contributed by atoms with E-state index >= 15 is 0 Å². The van der Waals surface area contributed by atoms with Crippen LogP contribution in [0.25, 0.3) is 22.2 Å².